The minimum Gasteiger partial charge on any atom is -0.465 e. The highest BCUT2D eigenvalue weighted by atomic mass is 79.9. The number of halogens is 2. The zero-order chi connectivity index (χ0) is 19.3. The number of carbonyl (C=O) groups is 3. The number of carboxylic acid groups (broad SMARTS) is 1. The van der Waals surface area contributed by atoms with Gasteiger partial charge in [0.05, 0.1) is 15.7 Å². The molecule has 0 aliphatic heterocycles. The first-order valence-corrected chi connectivity index (χ1v) is 8.23. The summed E-state index contributed by atoms with van der Waals surface area (Å²) in [6, 6.07) is 9.76. The Balaban J connectivity index is 2.30. The van der Waals surface area contributed by atoms with Crippen LogP contribution in [0.5, 0.6) is 0 Å². The molecule has 2 aromatic carbocycles. The molecular formula is C17H15BrFN3O4. The fourth-order valence-corrected chi connectivity index (χ4v) is 2.61. The number of hydrogen-bond donors (Lipinski definition) is 4. The molecule has 0 radical (unpaired) electrons. The Bertz CT molecular complexity index is 845. The number of carbonyl (C=O) groups excluding carboxylic acids is 2. The first kappa shape index (κ1) is 19.4. The van der Waals surface area contributed by atoms with Gasteiger partial charge in [0.25, 0.3) is 5.91 Å². The largest absolute Gasteiger partial charge is 0.465 e. The second-order valence-corrected chi connectivity index (χ2v) is 6.06. The fourth-order valence-electron chi connectivity index (χ4n) is 2.08. The van der Waals surface area contributed by atoms with Gasteiger partial charge in [-0.15, -0.1) is 0 Å². The molecule has 2 rings (SSSR count). The van der Waals surface area contributed by atoms with E-state index in [0.29, 0.717) is 5.69 Å². The van der Waals surface area contributed by atoms with E-state index in [-0.39, 0.29) is 15.7 Å². The Morgan fingerprint density at radius 3 is 2.35 bits per heavy atom. The van der Waals surface area contributed by atoms with Gasteiger partial charge in [0.2, 0.25) is 5.91 Å². The van der Waals surface area contributed by atoms with Crippen LogP contribution in [0.25, 0.3) is 0 Å². The zero-order valence-electron chi connectivity index (χ0n) is 13.5. The van der Waals surface area contributed by atoms with Gasteiger partial charge in [-0.05, 0) is 47.1 Å². The number of amides is 3. The van der Waals surface area contributed by atoms with Gasteiger partial charge in [0, 0.05) is 5.69 Å². The van der Waals surface area contributed by atoms with Crippen molar-refractivity contribution in [3.63, 3.8) is 0 Å². The maximum Gasteiger partial charge on any atom is 0.405 e. The summed E-state index contributed by atoms with van der Waals surface area (Å²) in [5, 5.41) is 15.7. The van der Waals surface area contributed by atoms with E-state index in [0.717, 1.165) is 6.07 Å². The van der Waals surface area contributed by atoms with Gasteiger partial charge in [-0.3, -0.25) is 9.59 Å². The maximum absolute atomic E-state index is 13.9. The molecule has 0 spiro atoms. The SMILES string of the molecule is CC(NC(=O)O)C(=O)Nc1ccc(F)c(Br)c1C(=O)Nc1ccccc1. The fraction of sp³-hybridized carbons (Fsp3) is 0.118. The number of rotatable bonds is 5. The zero-order valence-corrected chi connectivity index (χ0v) is 15.1. The lowest BCUT2D eigenvalue weighted by Crippen LogP contribution is -2.41. The molecule has 0 fully saturated rings. The van der Waals surface area contributed by atoms with Crippen molar-refractivity contribution in [3.05, 3.63) is 58.3 Å². The van der Waals surface area contributed by atoms with E-state index < -0.39 is 29.8 Å². The molecule has 2 aromatic rings. The van der Waals surface area contributed by atoms with Crippen LogP contribution in [0.15, 0.2) is 46.9 Å². The van der Waals surface area contributed by atoms with Crippen molar-refractivity contribution in [2.75, 3.05) is 10.6 Å². The summed E-state index contributed by atoms with van der Waals surface area (Å²) in [6.07, 6.45) is -1.37. The van der Waals surface area contributed by atoms with Crippen molar-refractivity contribution < 1.29 is 23.9 Å². The summed E-state index contributed by atoms with van der Waals surface area (Å²) in [5.74, 6) is -2.02. The van der Waals surface area contributed by atoms with Crippen LogP contribution in [0.3, 0.4) is 0 Å². The molecule has 0 saturated carbocycles. The predicted octanol–water partition coefficient (Wildman–Crippen LogP) is 3.44. The monoisotopic (exact) mass is 423 g/mol. The van der Waals surface area contributed by atoms with E-state index in [9.17, 15) is 18.8 Å². The molecule has 9 heteroatoms. The molecule has 3 amide bonds. The van der Waals surface area contributed by atoms with Gasteiger partial charge in [-0.25, -0.2) is 9.18 Å². The Kier molecular flexibility index (Phi) is 6.29. The molecule has 0 bridgehead atoms. The third kappa shape index (κ3) is 4.79. The lowest BCUT2D eigenvalue weighted by Gasteiger charge is -2.16. The normalized spacial score (nSPS) is 11.3. The van der Waals surface area contributed by atoms with Crippen LogP contribution < -0.4 is 16.0 Å². The molecule has 0 saturated heterocycles. The van der Waals surface area contributed by atoms with E-state index in [1.165, 1.54) is 13.0 Å². The summed E-state index contributed by atoms with van der Waals surface area (Å²) in [6.45, 7) is 1.34. The van der Waals surface area contributed by atoms with Crippen LogP contribution >= 0.6 is 15.9 Å². The highest BCUT2D eigenvalue weighted by Crippen LogP contribution is 2.29. The molecular weight excluding hydrogens is 409 g/mol. The Hall–Kier alpha value is -2.94. The van der Waals surface area contributed by atoms with E-state index in [2.05, 4.69) is 26.6 Å². The summed E-state index contributed by atoms with van der Waals surface area (Å²) in [4.78, 5) is 35.3. The lowest BCUT2D eigenvalue weighted by atomic mass is 10.1. The molecule has 4 N–H and O–H groups in total. The van der Waals surface area contributed by atoms with Gasteiger partial charge in [0.15, 0.2) is 0 Å². The molecule has 0 aliphatic rings. The van der Waals surface area contributed by atoms with E-state index in [4.69, 9.17) is 5.11 Å². The minimum atomic E-state index is -1.37. The Labute approximate surface area is 156 Å². The second kappa shape index (κ2) is 8.43. The molecule has 1 atom stereocenters. The van der Waals surface area contributed by atoms with Crippen molar-refractivity contribution >= 4 is 45.2 Å². The van der Waals surface area contributed by atoms with Crippen molar-refractivity contribution in [2.45, 2.75) is 13.0 Å². The van der Waals surface area contributed by atoms with Gasteiger partial charge >= 0.3 is 6.09 Å². The molecule has 1 unspecified atom stereocenters. The first-order chi connectivity index (χ1) is 12.3. The molecule has 26 heavy (non-hydrogen) atoms. The molecule has 7 nitrogen and oxygen atoms in total. The molecule has 136 valence electrons. The van der Waals surface area contributed by atoms with Crippen LogP contribution in [0.2, 0.25) is 0 Å². The van der Waals surface area contributed by atoms with Crippen molar-refractivity contribution in [1.29, 1.82) is 0 Å². The average molecular weight is 424 g/mol. The van der Waals surface area contributed by atoms with Gasteiger partial charge in [0.1, 0.15) is 11.9 Å². The summed E-state index contributed by atoms with van der Waals surface area (Å²) in [7, 11) is 0. The first-order valence-electron chi connectivity index (χ1n) is 7.44. The van der Waals surface area contributed by atoms with E-state index in [1.54, 1.807) is 30.3 Å². The number of anilines is 2. The average Bonchev–Trinajstić information content (AvgIpc) is 2.58. The molecule has 0 heterocycles. The van der Waals surface area contributed by atoms with E-state index in [1.807, 2.05) is 5.32 Å². The number of para-hydroxylation sites is 1. The summed E-state index contributed by atoms with van der Waals surface area (Å²) >= 11 is 3.02. The molecule has 0 aliphatic carbocycles. The smallest absolute Gasteiger partial charge is 0.405 e. The van der Waals surface area contributed by atoms with Crippen molar-refractivity contribution in [1.82, 2.24) is 5.32 Å². The number of benzene rings is 2. The van der Waals surface area contributed by atoms with Crippen LogP contribution in [0.1, 0.15) is 17.3 Å². The van der Waals surface area contributed by atoms with Crippen molar-refractivity contribution in [3.8, 4) is 0 Å². The maximum atomic E-state index is 13.9. The predicted molar refractivity (Wildman–Crippen MR) is 97.7 cm³/mol. The quantitative estimate of drug-likeness (QED) is 0.590. The second-order valence-electron chi connectivity index (χ2n) is 5.26. The van der Waals surface area contributed by atoms with Gasteiger partial charge in [-0.1, -0.05) is 18.2 Å². The third-order valence-corrected chi connectivity index (χ3v) is 4.12. The topological polar surface area (TPSA) is 108 Å². The van der Waals surface area contributed by atoms with Gasteiger partial charge < -0.3 is 21.1 Å². The van der Waals surface area contributed by atoms with Crippen LogP contribution in [-0.4, -0.2) is 29.1 Å². The Morgan fingerprint density at radius 2 is 1.73 bits per heavy atom. The summed E-state index contributed by atoms with van der Waals surface area (Å²) < 4.78 is 13.8. The van der Waals surface area contributed by atoms with Crippen molar-refractivity contribution in [2.24, 2.45) is 0 Å². The van der Waals surface area contributed by atoms with E-state index >= 15 is 0 Å². The standard InChI is InChI=1S/C17H15BrFN3O4/c1-9(20-17(25)26)15(23)22-12-8-7-11(19)14(18)13(12)16(24)21-10-5-3-2-4-6-10/h2-9,20H,1H3,(H,21,24)(H,22,23)(H,25,26). The summed E-state index contributed by atoms with van der Waals surface area (Å²) in [5.41, 5.74) is 0.410. The van der Waals surface area contributed by atoms with Crippen LogP contribution in [0.4, 0.5) is 20.6 Å². The van der Waals surface area contributed by atoms with Crippen LogP contribution in [-0.2, 0) is 4.79 Å². The third-order valence-electron chi connectivity index (χ3n) is 3.34. The number of hydrogen-bond acceptors (Lipinski definition) is 3. The number of nitrogens with one attached hydrogen (secondary N) is 3. The Morgan fingerprint density at radius 1 is 1.08 bits per heavy atom. The molecule has 0 aromatic heterocycles. The minimum absolute atomic E-state index is 0.0377. The highest BCUT2D eigenvalue weighted by molar-refractivity contribution is 9.10. The highest BCUT2D eigenvalue weighted by Gasteiger charge is 2.22. The van der Waals surface area contributed by atoms with Crippen LogP contribution in [0, 0.1) is 5.82 Å². The lowest BCUT2D eigenvalue weighted by molar-refractivity contribution is -0.117. The van der Waals surface area contributed by atoms with Gasteiger partial charge in [-0.2, -0.15) is 0 Å².